The Labute approximate surface area is 230 Å². The summed E-state index contributed by atoms with van der Waals surface area (Å²) in [6, 6.07) is 45.5. The molecule has 0 unspecified atom stereocenters. The maximum Gasteiger partial charge on any atom is 0.136 e. The van der Waals surface area contributed by atoms with E-state index in [0.717, 1.165) is 77.3 Å². The molecule has 0 radical (unpaired) electrons. The van der Waals surface area contributed by atoms with Crippen LogP contribution in [0.15, 0.2) is 136 Å². The number of furan rings is 2. The standard InChI is InChI=1S/C37H21NO2/c38-22-24-9-1-2-10-26(24)36-25(23-19-20-28-27-11-3-5-16-32(27)40-35(28)21-23)13-7-14-29(36)30-15-8-18-34-37(30)31-12-4-6-17-33(31)39-34/h1-21H. The summed E-state index contributed by atoms with van der Waals surface area (Å²) >= 11 is 0. The average Bonchev–Trinajstić information content (AvgIpc) is 3.58. The second-order valence-corrected chi connectivity index (χ2v) is 9.97. The topological polar surface area (TPSA) is 50.1 Å². The van der Waals surface area contributed by atoms with E-state index in [2.05, 4.69) is 60.7 Å². The molecular weight excluding hydrogens is 490 g/mol. The number of para-hydroxylation sites is 2. The fourth-order valence-electron chi connectivity index (χ4n) is 6.00. The highest BCUT2D eigenvalue weighted by Crippen LogP contribution is 2.45. The first-order valence-corrected chi connectivity index (χ1v) is 13.2. The van der Waals surface area contributed by atoms with Crippen LogP contribution in [0.2, 0.25) is 0 Å². The first kappa shape index (κ1) is 22.4. The molecular formula is C37H21NO2. The Morgan fingerprint density at radius 2 is 1.05 bits per heavy atom. The van der Waals surface area contributed by atoms with Gasteiger partial charge in [-0.3, -0.25) is 0 Å². The Morgan fingerprint density at radius 3 is 1.93 bits per heavy atom. The van der Waals surface area contributed by atoms with Crippen molar-refractivity contribution in [1.29, 1.82) is 5.26 Å². The van der Waals surface area contributed by atoms with Crippen LogP contribution in [0.25, 0.3) is 77.3 Å². The summed E-state index contributed by atoms with van der Waals surface area (Å²) in [6.07, 6.45) is 0. The normalized spacial score (nSPS) is 11.5. The Balaban J connectivity index is 1.46. The summed E-state index contributed by atoms with van der Waals surface area (Å²) in [5.74, 6) is 0. The maximum absolute atomic E-state index is 10.1. The highest BCUT2D eigenvalue weighted by Gasteiger charge is 2.20. The van der Waals surface area contributed by atoms with E-state index in [0.29, 0.717) is 5.56 Å². The molecule has 0 atom stereocenters. The van der Waals surface area contributed by atoms with Crippen molar-refractivity contribution in [1.82, 2.24) is 0 Å². The minimum Gasteiger partial charge on any atom is -0.456 e. The number of hydrogen-bond acceptors (Lipinski definition) is 3. The van der Waals surface area contributed by atoms with Gasteiger partial charge >= 0.3 is 0 Å². The molecule has 0 saturated carbocycles. The van der Waals surface area contributed by atoms with E-state index in [-0.39, 0.29) is 0 Å². The van der Waals surface area contributed by atoms with Gasteiger partial charge in [0.15, 0.2) is 0 Å². The number of benzene rings is 6. The molecule has 2 heterocycles. The molecule has 2 aromatic heterocycles. The van der Waals surface area contributed by atoms with Crippen LogP contribution in [0, 0.1) is 11.3 Å². The zero-order valence-corrected chi connectivity index (χ0v) is 21.4. The Kier molecular flexibility index (Phi) is 4.89. The van der Waals surface area contributed by atoms with Gasteiger partial charge in [0.1, 0.15) is 22.3 Å². The van der Waals surface area contributed by atoms with Gasteiger partial charge in [0.25, 0.3) is 0 Å². The minimum absolute atomic E-state index is 0.630. The summed E-state index contributed by atoms with van der Waals surface area (Å²) in [5, 5.41) is 14.5. The molecule has 0 aliphatic carbocycles. The summed E-state index contributed by atoms with van der Waals surface area (Å²) < 4.78 is 12.5. The number of hydrogen-bond donors (Lipinski definition) is 0. The van der Waals surface area contributed by atoms with E-state index < -0.39 is 0 Å². The van der Waals surface area contributed by atoms with Crippen molar-refractivity contribution in [3.8, 4) is 39.4 Å². The molecule has 0 N–H and O–H groups in total. The molecule has 0 spiro atoms. The lowest BCUT2D eigenvalue weighted by Gasteiger charge is -2.18. The van der Waals surface area contributed by atoms with Crippen molar-refractivity contribution < 1.29 is 8.83 Å². The van der Waals surface area contributed by atoms with E-state index in [1.54, 1.807) is 0 Å². The van der Waals surface area contributed by atoms with Crippen LogP contribution < -0.4 is 0 Å². The lowest BCUT2D eigenvalue weighted by atomic mass is 9.85. The smallest absolute Gasteiger partial charge is 0.136 e. The van der Waals surface area contributed by atoms with Crippen molar-refractivity contribution in [2.45, 2.75) is 0 Å². The molecule has 0 saturated heterocycles. The summed E-state index contributed by atoms with van der Waals surface area (Å²) in [4.78, 5) is 0. The van der Waals surface area contributed by atoms with Crippen molar-refractivity contribution in [2.75, 3.05) is 0 Å². The van der Waals surface area contributed by atoms with Crippen LogP contribution in [0.5, 0.6) is 0 Å². The molecule has 0 amide bonds. The van der Waals surface area contributed by atoms with Gasteiger partial charge < -0.3 is 8.83 Å². The molecule has 6 aromatic carbocycles. The largest absolute Gasteiger partial charge is 0.456 e. The van der Waals surface area contributed by atoms with Crippen molar-refractivity contribution in [3.63, 3.8) is 0 Å². The first-order valence-electron chi connectivity index (χ1n) is 13.2. The minimum atomic E-state index is 0.630. The second kappa shape index (κ2) is 8.73. The quantitative estimate of drug-likeness (QED) is 0.237. The van der Waals surface area contributed by atoms with Crippen LogP contribution in [0.3, 0.4) is 0 Å². The molecule has 8 rings (SSSR count). The molecule has 0 aliphatic rings. The van der Waals surface area contributed by atoms with Crippen molar-refractivity contribution in [3.05, 3.63) is 133 Å². The van der Waals surface area contributed by atoms with Crippen molar-refractivity contribution >= 4 is 43.9 Å². The lowest BCUT2D eigenvalue weighted by Crippen LogP contribution is -1.93. The van der Waals surface area contributed by atoms with E-state index in [9.17, 15) is 5.26 Å². The van der Waals surface area contributed by atoms with Gasteiger partial charge in [0, 0.05) is 27.1 Å². The summed E-state index contributed by atoms with van der Waals surface area (Å²) in [6.45, 7) is 0. The Hall–Kier alpha value is -5.59. The van der Waals surface area contributed by atoms with E-state index in [1.807, 2.05) is 72.8 Å². The van der Waals surface area contributed by atoms with E-state index in [4.69, 9.17) is 8.83 Å². The van der Waals surface area contributed by atoms with Gasteiger partial charge in [-0.2, -0.15) is 5.26 Å². The fourth-order valence-corrected chi connectivity index (χ4v) is 6.00. The third-order valence-corrected chi connectivity index (χ3v) is 7.76. The number of nitrogens with zero attached hydrogens (tertiary/aromatic N) is 1. The third-order valence-electron chi connectivity index (χ3n) is 7.76. The van der Waals surface area contributed by atoms with Gasteiger partial charge in [0.2, 0.25) is 0 Å². The van der Waals surface area contributed by atoms with Crippen LogP contribution in [0.1, 0.15) is 5.56 Å². The van der Waals surface area contributed by atoms with Crippen LogP contribution in [-0.2, 0) is 0 Å². The molecule has 3 heteroatoms. The van der Waals surface area contributed by atoms with Crippen LogP contribution >= 0.6 is 0 Å². The highest BCUT2D eigenvalue weighted by molar-refractivity contribution is 6.15. The zero-order chi connectivity index (χ0) is 26.6. The average molecular weight is 512 g/mol. The SMILES string of the molecule is N#Cc1ccccc1-c1c(-c2ccc3c(c2)oc2ccccc23)cccc1-c1cccc2oc3ccccc3c12. The molecule has 0 aliphatic heterocycles. The number of rotatable bonds is 3. The monoisotopic (exact) mass is 511 g/mol. The second-order valence-electron chi connectivity index (χ2n) is 9.97. The van der Waals surface area contributed by atoms with E-state index in [1.165, 1.54) is 0 Å². The van der Waals surface area contributed by atoms with Gasteiger partial charge in [-0.15, -0.1) is 0 Å². The number of nitriles is 1. The van der Waals surface area contributed by atoms with Gasteiger partial charge in [-0.1, -0.05) is 91.0 Å². The molecule has 0 bridgehead atoms. The molecule has 8 aromatic rings. The number of fused-ring (bicyclic) bond motifs is 6. The van der Waals surface area contributed by atoms with Crippen LogP contribution in [0.4, 0.5) is 0 Å². The van der Waals surface area contributed by atoms with Crippen LogP contribution in [-0.4, -0.2) is 0 Å². The third kappa shape index (κ3) is 3.30. The molecule has 0 fully saturated rings. The molecule has 40 heavy (non-hydrogen) atoms. The van der Waals surface area contributed by atoms with Gasteiger partial charge in [-0.05, 0) is 64.2 Å². The van der Waals surface area contributed by atoms with Crippen molar-refractivity contribution in [2.24, 2.45) is 0 Å². The summed E-state index contributed by atoms with van der Waals surface area (Å²) in [5.41, 5.74) is 10.1. The maximum atomic E-state index is 10.1. The fraction of sp³-hybridized carbons (Fsp3) is 0. The lowest BCUT2D eigenvalue weighted by molar-refractivity contribution is 0.668. The first-order chi connectivity index (χ1) is 19.8. The van der Waals surface area contributed by atoms with E-state index >= 15 is 0 Å². The zero-order valence-electron chi connectivity index (χ0n) is 21.4. The van der Waals surface area contributed by atoms with Gasteiger partial charge in [0.05, 0.1) is 11.6 Å². The van der Waals surface area contributed by atoms with Gasteiger partial charge in [-0.25, -0.2) is 0 Å². The molecule has 3 nitrogen and oxygen atoms in total. The summed E-state index contributed by atoms with van der Waals surface area (Å²) in [7, 11) is 0. The predicted octanol–water partition coefficient (Wildman–Crippen LogP) is 10.4. The predicted molar refractivity (Wildman–Crippen MR) is 162 cm³/mol. The highest BCUT2D eigenvalue weighted by atomic mass is 16.3. The molecule has 186 valence electrons. The Morgan fingerprint density at radius 1 is 0.450 bits per heavy atom. The Bertz CT molecular complexity index is 2290.